The molecule has 1 fully saturated rings. The first-order chi connectivity index (χ1) is 14.9. The Balaban J connectivity index is 1.42. The number of rotatable bonds is 5. The van der Waals surface area contributed by atoms with E-state index in [9.17, 15) is 19.2 Å². The number of amides is 3. The molecule has 4 rings (SSSR count). The van der Waals surface area contributed by atoms with Crippen molar-refractivity contribution >= 4 is 35.1 Å². The summed E-state index contributed by atoms with van der Waals surface area (Å²) in [7, 11) is 1.72. The minimum atomic E-state index is -0.631. The number of carbonyl (C=O) groups excluding carboxylic acids is 4. The van der Waals surface area contributed by atoms with Crippen LogP contribution in [0.3, 0.4) is 0 Å². The fourth-order valence-corrected chi connectivity index (χ4v) is 3.15. The third-order valence-corrected chi connectivity index (χ3v) is 4.68. The Hall–Kier alpha value is -4.27. The Kier molecular flexibility index (Phi) is 5.31. The highest BCUT2D eigenvalue weighted by Gasteiger charge is 2.30. The quantitative estimate of drug-likeness (QED) is 0.387. The van der Waals surface area contributed by atoms with Crippen LogP contribution in [0.25, 0.3) is 0 Å². The molecule has 9 heteroatoms. The van der Waals surface area contributed by atoms with Gasteiger partial charge in [-0.25, -0.2) is 4.79 Å². The van der Waals surface area contributed by atoms with Gasteiger partial charge in [0.05, 0.1) is 23.0 Å². The van der Waals surface area contributed by atoms with E-state index >= 15 is 0 Å². The molecule has 1 saturated heterocycles. The third-order valence-electron chi connectivity index (χ3n) is 4.68. The van der Waals surface area contributed by atoms with Crippen LogP contribution in [0.2, 0.25) is 0 Å². The molecule has 1 aliphatic rings. The van der Waals surface area contributed by atoms with E-state index in [2.05, 4.69) is 10.4 Å². The summed E-state index contributed by atoms with van der Waals surface area (Å²) < 4.78 is 6.90. The average molecular weight is 418 g/mol. The van der Waals surface area contributed by atoms with E-state index in [-0.39, 0.29) is 41.9 Å². The number of benzene rings is 2. The molecule has 156 valence electrons. The number of ether oxygens (including phenoxy) is 1. The van der Waals surface area contributed by atoms with E-state index in [1.807, 2.05) is 0 Å². The lowest BCUT2D eigenvalue weighted by Gasteiger charge is -2.14. The second-order valence-electron chi connectivity index (χ2n) is 6.94. The zero-order chi connectivity index (χ0) is 22.0. The first kappa shape index (κ1) is 20.0. The first-order valence-corrected chi connectivity index (χ1v) is 9.49. The molecular formula is C22H18N4O5. The number of esters is 1. The van der Waals surface area contributed by atoms with Crippen molar-refractivity contribution in [3.63, 3.8) is 0 Å². The number of aromatic nitrogens is 2. The molecule has 0 unspecified atom stereocenters. The summed E-state index contributed by atoms with van der Waals surface area (Å²) in [6.07, 6.45) is 3.39. The summed E-state index contributed by atoms with van der Waals surface area (Å²) >= 11 is 0. The van der Waals surface area contributed by atoms with Crippen LogP contribution in [-0.4, -0.2) is 33.5 Å². The van der Waals surface area contributed by atoms with E-state index in [0.717, 1.165) is 4.90 Å². The van der Waals surface area contributed by atoms with Crippen molar-refractivity contribution in [2.24, 2.45) is 7.05 Å². The largest absolute Gasteiger partial charge is 0.423 e. The normalized spacial score (nSPS) is 13.4. The van der Waals surface area contributed by atoms with Crippen LogP contribution < -0.4 is 15.0 Å². The van der Waals surface area contributed by atoms with Gasteiger partial charge in [-0.3, -0.25) is 24.0 Å². The lowest BCUT2D eigenvalue weighted by molar-refractivity contribution is -0.121. The van der Waals surface area contributed by atoms with Gasteiger partial charge < -0.3 is 10.1 Å². The van der Waals surface area contributed by atoms with Gasteiger partial charge in [0.2, 0.25) is 11.8 Å². The van der Waals surface area contributed by atoms with Crippen molar-refractivity contribution in [2.75, 3.05) is 10.2 Å². The molecule has 1 aliphatic heterocycles. The molecule has 2 heterocycles. The molecule has 0 radical (unpaired) electrons. The van der Waals surface area contributed by atoms with Crippen LogP contribution in [0.5, 0.6) is 5.75 Å². The smallest absolute Gasteiger partial charge is 0.343 e. The predicted octanol–water partition coefficient (Wildman–Crippen LogP) is 2.55. The Bertz CT molecular complexity index is 1170. The van der Waals surface area contributed by atoms with Gasteiger partial charge in [0.15, 0.2) is 0 Å². The number of aryl methyl sites for hydroxylation is 1. The van der Waals surface area contributed by atoms with Crippen LogP contribution >= 0.6 is 0 Å². The maximum absolute atomic E-state index is 12.5. The first-order valence-electron chi connectivity index (χ1n) is 9.49. The topological polar surface area (TPSA) is 111 Å². The molecule has 0 aliphatic carbocycles. The molecule has 0 saturated carbocycles. The van der Waals surface area contributed by atoms with Crippen molar-refractivity contribution in [1.29, 1.82) is 0 Å². The van der Waals surface area contributed by atoms with Crippen LogP contribution in [0.4, 0.5) is 11.4 Å². The molecular weight excluding hydrogens is 400 g/mol. The monoisotopic (exact) mass is 418 g/mol. The average Bonchev–Trinajstić information content (AvgIpc) is 3.34. The van der Waals surface area contributed by atoms with Crippen LogP contribution in [0.15, 0.2) is 60.9 Å². The molecule has 0 atom stereocenters. The summed E-state index contributed by atoms with van der Waals surface area (Å²) in [6, 6.07) is 12.5. The van der Waals surface area contributed by atoms with Crippen molar-refractivity contribution in [3.8, 4) is 5.75 Å². The lowest BCUT2D eigenvalue weighted by atomic mass is 10.2. The Morgan fingerprint density at radius 1 is 1.00 bits per heavy atom. The second kappa shape index (κ2) is 8.23. The number of imide groups is 1. The van der Waals surface area contributed by atoms with E-state index in [1.165, 1.54) is 16.9 Å². The molecule has 3 aromatic rings. The molecule has 0 bridgehead atoms. The van der Waals surface area contributed by atoms with Crippen molar-refractivity contribution in [3.05, 3.63) is 72.1 Å². The van der Waals surface area contributed by atoms with Gasteiger partial charge >= 0.3 is 5.97 Å². The molecule has 31 heavy (non-hydrogen) atoms. The fraction of sp³-hybridized carbons (Fsp3) is 0.136. The van der Waals surface area contributed by atoms with Crippen LogP contribution in [0, 0.1) is 0 Å². The SMILES string of the molecule is Cn1cc(C(=O)Nc2ccc(OC(=O)c3cccc(N4C(=O)CCC4=O)c3)cc2)cn1. The number of nitrogens with zero attached hydrogens (tertiary/aromatic N) is 3. The van der Waals surface area contributed by atoms with E-state index < -0.39 is 5.97 Å². The van der Waals surface area contributed by atoms with Crippen LogP contribution in [0.1, 0.15) is 33.6 Å². The van der Waals surface area contributed by atoms with Crippen molar-refractivity contribution < 1.29 is 23.9 Å². The number of hydrogen-bond donors (Lipinski definition) is 1. The number of anilines is 2. The van der Waals surface area contributed by atoms with Gasteiger partial charge in [-0.1, -0.05) is 6.07 Å². The molecule has 3 amide bonds. The molecule has 1 N–H and O–H groups in total. The van der Waals surface area contributed by atoms with Gasteiger partial charge in [-0.05, 0) is 42.5 Å². The zero-order valence-electron chi connectivity index (χ0n) is 16.6. The summed E-state index contributed by atoms with van der Waals surface area (Å²) in [4.78, 5) is 49.6. The molecule has 1 aromatic heterocycles. The molecule has 9 nitrogen and oxygen atoms in total. The van der Waals surface area contributed by atoms with E-state index in [1.54, 1.807) is 55.7 Å². The predicted molar refractivity (Wildman–Crippen MR) is 111 cm³/mol. The van der Waals surface area contributed by atoms with Crippen molar-refractivity contribution in [2.45, 2.75) is 12.8 Å². The van der Waals surface area contributed by atoms with Gasteiger partial charge in [0, 0.05) is 31.8 Å². The van der Waals surface area contributed by atoms with Crippen LogP contribution in [-0.2, 0) is 16.6 Å². The van der Waals surface area contributed by atoms with E-state index in [0.29, 0.717) is 16.9 Å². The highest BCUT2D eigenvalue weighted by atomic mass is 16.5. The summed E-state index contributed by atoms with van der Waals surface area (Å²) in [5.41, 5.74) is 1.50. The highest BCUT2D eigenvalue weighted by Crippen LogP contribution is 2.24. The lowest BCUT2D eigenvalue weighted by Crippen LogP contribution is -2.28. The Labute approximate surface area is 177 Å². The number of hydrogen-bond acceptors (Lipinski definition) is 6. The molecule has 0 spiro atoms. The zero-order valence-corrected chi connectivity index (χ0v) is 16.6. The summed E-state index contributed by atoms with van der Waals surface area (Å²) in [5.74, 6) is -1.24. The van der Waals surface area contributed by atoms with Gasteiger partial charge in [-0.15, -0.1) is 0 Å². The second-order valence-corrected chi connectivity index (χ2v) is 6.94. The minimum absolute atomic E-state index is 0.164. The van der Waals surface area contributed by atoms with Gasteiger partial charge in [0.25, 0.3) is 5.91 Å². The maximum atomic E-state index is 12.5. The fourth-order valence-electron chi connectivity index (χ4n) is 3.15. The standard InChI is InChI=1S/C22H18N4O5/c1-25-13-15(12-23-25)21(29)24-16-5-7-18(8-6-16)31-22(30)14-3-2-4-17(11-14)26-19(27)9-10-20(26)28/h2-8,11-13H,9-10H2,1H3,(H,24,29). The highest BCUT2D eigenvalue weighted by molar-refractivity contribution is 6.20. The van der Waals surface area contributed by atoms with Gasteiger partial charge in [0.1, 0.15) is 5.75 Å². The summed E-state index contributed by atoms with van der Waals surface area (Å²) in [6.45, 7) is 0. The minimum Gasteiger partial charge on any atom is -0.423 e. The van der Waals surface area contributed by atoms with E-state index in [4.69, 9.17) is 4.74 Å². The third kappa shape index (κ3) is 4.35. The maximum Gasteiger partial charge on any atom is 0.343 e. The van der Waals surface area contributed by atoms with Gasteiger partial charge in [-0.2, -0.15) is 5.10 Å². The number of carbonyl (C=O) groups is 4. The van der Waals surface area contributed by atoms with Crippen molar-refractivity contribution in [1.82, 2.24) is 9.78 Å². The Morgan fingerprint density at radius 2 is 1.71 bits per heavy atom. The molecule has 2 aromatic carbocycles. The summed E-state index contributed by atoms with van der Waals surface area (Å²) in [5, 5.41) is 6.68. The number of nitrogens with one attached hydrogen (secondary N) is 1. The Morgan fingerprint density at radius 3 is 2.35 bits per heavy atom.